The fourth-order valence-electron chi connectivity index (χ4n) is 4.37. The van der Waals surface area contributed by atoms with Gasteiger partial charge in [-0.05, 0) is 49.1 Å². The first-order chi connectivity index (χ1) is 15.2. The van der Waals surface area contributed by atoms with E-state index in [0.29, 0.717) is 18.5 Å². The lowest BCUT2D eigenvalue weighted by atomic mass is 9.88. The minimum Gasteiger partial charge on any atom is -0.347 e. The van der Waals surface area contributed by atoms with Gasteiger partial charge >= 0.3 is 0 Å². The fourth-order valence-corrected chi connectivity index (χ4v) is 4.37. The van der Waals surface area contributed by atoms with Gasteiger partial charge < -0.3 is 5.32 Å². The summed E-state index contributed by atoms with van der Waals surface area (Å²) in [5, 5.41) is 3.25. The van der Waals surface area contributed by atoms with Crippen molar-refractivity contribution in [3.8, 4) is 0 Å². The molecule has 5 heteroatoms. The molecule has 1 saturated heterocycles. The van der Waals surface area contributed by atoms with Crippen molar-refractivity contribution < 1.29 is 9.18 Å². The van der Waals surface area contributed by atoms with Crippen molar-refractivity contribution >= 4 is 5.91 Å². The molecule has 2 atom stereocenters. The number of hydrogen-bond acceptors (Lipinski definition) is 3. The number of carbonyl (C=O) groups is 1. The lowest BCUT2D eigenvalue weighted by Crippen LogP contribution is -2.43. The Morgan fingerprint density at radius 2 is 1.84 bits per heavy atom. The van der Waals surface area contributed by atoms with Crippen LogP contribution in [0.15, 0.2) is 79.0 Å². The number of hydrogen-bond donors (Lipinski definition) is 1. The molecule has 3 aromatic rings. The normalized spacial score (nSPS) is 17.8. The molecule has 31 heavy (non-hydrogen) atoms. The van der Waals surface area contributed by atoms with E-state index in [2.05, 4.69) is 15.2 Å². The average molecular weight is 418 g/mol. The highest BCUT2D eigenvalue weighted by Gasteiger charge is 2.30. The van der Waals surface area contributed by atoms with E-state index in [-0.39, 0.29) is 23.7 Å². The maximum absolute atomic E-state index is 14.2. The van der Waals surface area contributed by atoms with Gasteiger partial charge in [0, 0.05) is 24.8 Å². The van der Waals surface area contributed by atoms with E-state index in [1.807, 2.05) is 60.7 Å². The van der Waals surface area contributed by atoms with Crippen LogP contribution in [0.25, 0.3) is 0 Å². The van der Waals surface area contributed by atoms with Crippen molar-refractivity contribution in [2.45, 2.75) is 31.8 Å². The third-order valence-electron chi connectivity index (χ3n) is 5.90. The van der Waals surface area contributed by atoms with Crippen LogP contribution in [0.1, 0.15) is 35.7 Å². The van der Waals surface area contributed by atoms with Gasteiger partial charge in [-0.15, -0.1) is 0 Å². The zero-order valence-corrected chi connectivity index (χ0v) is 17.6. The Bertz CT molecular complexity index is 980. The number of pyridine rings is 1. The van der Waals surface area contributed by atoms with Crippen LogP contribution in [-0.4, -0.2) is 28.9 Å². The molecule has 1 amide bonds. The molecule has 1 aliphatic rings. The number of rotatable bonds is 7. The first kappa shape index (κ1) is 21.2. The summed E-state index contributed by atoms with van der Waals surface area (Å²) in [7, 11) is 0. The summed E-state index contributed by atoms with van der Waals surface area (Å²) >= 11 is 0. The highest BCUT2D eigenvalue weighted by atomic mass is 19.1. The number of likely N-dealkylation sites (tertiary alicyclic amines) is 1. The summed E-state index contributed by atoms with van der Waals surface area (Å²) in [4.78, 5) is 19.7. The van der Waals surface area contributed by atoms with Gasteiger partial charge in [0.25, 0.3) is 0 Å². The third kappa shape index (κ3) is 5.76. The van der Waals surface area contributed by atoms with Crippen LogP contribution in [0.2, 0.25) is 0 Å². The summed E-state index contributed by atoms with van der Waals surface area (Å²) in [6.07, 6.45) is 4.12. The molecule has 2 aromatic carbocycles. The van der Waals surface area contributed by atoms with Crippen LogP contribution < -0.4 is 5.32 Å². The Morgan fingerprint density at radius 3 is 2.61 bits per heavy atom. The molecule has 1 aromatic heterocycles. The number of nitrogens with zero attached hydrogens (tertiary/aromatic N) is 2. The number of halogens is 1. The van der Waals surface area contributed by atoms with Gasteiger partial charge in [-0.2, -0.15) is 0 Å². The van der Waals surface area contributed by atoms with Gasteiger partial charge in [0.2, 0.25) is 5.91 Å². The Hall–Kier alpha value is -3.05. The Balaban J connectivity index is 1.48. The van der Waals surface area contributed by atoms with Crippen LogP contribution in [0.5, 0.6) is 0 Å². The SMILES string of the molecule is O=C(Cc1ccccc1)N[C@@H](c1ccccn1)[C@@H]1CCCN(Cc2ccccc2F)C1. The maximum atomic E-state index is 14.2. The maximum Gasteiger partial charge on any atom is 0.224 e. The first-order valence-corrected chi connectivity index (χ1v) is 10.9. The van der Waals surface area contributed by atoms with Crippen molar-refractivity contribution in [1.82, 2.24) is 15.2 Å². The number of carbonyl (C=O) groups excluding carboxylic acids is 1. The van der Waals surface area contributed by atoms with E-state index in [4.69, 9.17) is 0 Å². The smallest absolute Gasteiger partial charge is 0.224 e. The molecular formula is C26H28FN3O. The number of benzene rings is 2. The van der Waals surface area contributed by atoms with Crippen LogP contribution >= 0.6 is 0 Å². The zero-order chi connectivity index (χ0) is 21.5. The molecule has 1 N–H and O–H groups in total. The highest BCUT2D eigenvalue weighted by Crippen LogP contribution is 2.30. The Morgan fingerprint density at radius 1 is 1.06 bits per heavy atom. The summed E-state index contributed by atoms with van der Waals surface area (Å²) < 4.78 is 14.2. The number of amides is 1. The van der Waals surface area contributed by atoms with E-state index in [0.717, 1.165) is 37.2 Å². The molecule has 0 bridgehead atoms. The van der Waals surface area contributed by atoms with Crippen molar-refractivity contribution in [3.63, 3.8) is 0 Å². The molecule has 160 valence electrons. The standard InChI is InChI=1S/C26H28FN3O/c27-23-13-5-4-11-21(23)18-30-16-8-12-22(19-30)26(24-14-6-7-15-28-24)29-25(31)17-20-9-2-1-3-10-20/h1-7,9-11,13-15,22,26H,8,12,16-19H2,(H,29,31)/t22-,26-/m1/s1. The van der Waals surface area contributed by atoms with Gasteiger partial charge in [-0.3, -0.25) is 14.7 Å². The minimum absolute atomic E-state index is 0.00641. The molecule has 0 unspecified atom stereocenters. The highest BCUT2D eigenvalue weighted by molar-refractivity contribution is 5.79. The lowest BCUT2D eigenvalue weighted by molar-refractivity contribution is -0.121. The topological polar surface area (TPSA) is 45.2 Å². The predicted octanol–water partition coefficient (Wildman–Crippen LogP) is 4.53. The molecule has 0 radical (unpaired) electrons. The van der Waals surface area contributed by atoms with Crippen molar-refractivity contribution in [3.05, 3.63) is 102 Å². The van der Waals surface area contributed by atoms with E-state index in [1.54, 1.807) is 12.3 Å². The van der Waals surface area contributed by atoms with Gasteiger partial charge in [0.1, 0.15) is 5.82 Å². The Kier molecular flexibility index (Phi) is 7.05. The lowest BCUT2D eigenvalue weighted by Gasteiger charge is -2.37. The van der Waals surface area contributed by atoms with Crippen molar-refractivity contribution in [1.29, 1.82) is 0 Å². The number of nitrogens with one attached hydrogen (secondary N) is 1. The van der Waals surface area contributed by atoms with Crippen molar-refractivity contribution in [2.75, 3.05) is 13.1 Å². The molecule has 0 aliphatic carbocycles. The number of aromatic nitrogens is 1. The van der Waals surface area contributed by atoms with Crippen LogP contribution in [0.4, 0.5) is 4.39 Å². The van der Waals surface area contributed by atoms with E-state index >= 15 is 0 Å². The first-order valence-electron chi connectivity index (χ1n) is 10.9. The second kappa shape index (κ2) is 10.3. The van der Waals surface area contributed by atoms with Crippen LogP contribution in [0.3, 0.4) is 0 Å². The second-order valence-electron chi connectivity index (χ2n) is 8.19. The summed E-state index contributed by atoms with van der Waals surface area (Å²) in [5.74, 6) is 0.0466. The predicted molar refractivity (Wildman–Crippen MR) is 120 cm³/mol. The van der Waals surface area contributed by atoms with Gasteiger partial charge in [-0.25, -0.2) is 4.39 Å². The van der Waals surface area contributed by atoms with Crippen molar-refractivity contribution in [2.24, 2.45) is 5.92 Å². The quantitative estimate of drug-likeness (QED) is 0.614. The number of piperidine rings is 1. The molecular weight excluding hydrogens is 389 g/mol. The zero-order valence-electron chi connectivity index (χ0n) is 17.6. The van der Waals surface area contributed by atoms with E-state index in [1.165, 1.54) is 6.07 Å². The molecule has 4 rings (SSSR count). The monoisotopic (exact) mass is 417 g/mol. The molecule has 0 spiro atoms. The molecule has 1 fully saturated rings. The molecule has 1 aliphatic heterocycles. The van der Waals surface area contributed by atoms with Gasteiger partial charge in [0.05, 0.1) is 18.2 Å². The third-order valence-corrected chi connectivity index (χ3v) is 5.90. The average Bonchev–Trinajstić information content (AvgIpc) is 2.80. The van der Waals surface area contributed by atoms with Gasteiger partial charge in [0.15, 0.2) is 0 Å². The Labute approximate surface area is 183 Å². The molecule has 0 saturated carbocycles. The summed E-state index contributed by atoms with van der Waals surface area (Å²) in [6, 6.07) is 22.4. The van der Waals surface area contributed by atoms with E-state index < -0.39 is 0 Å². The largest absolute Gasteiger partial charge is 0.347 e. The molecule has 4 nitrogen and oxygen atoms in total. The summed E-state index contributed by atoms with van der Waals surface area (Å²) in [6.45, 7) is 2.30. The van der Waals surface area contributed by atoms with E-state index in [9.17, 15) is 9.18 Å². The molecule has 2 heterocycles. The van der Waals surface area contributed by atoms with Gasteiger partial charge in [-0.1, -0.05) is 54.6 Å². The second-order valence-corrected chi connectivity index (χ2v) is 8.19. The van der Waals surface area contributed by atoms with Crippen LogP contribution in [0, 0.1) is 11.7 Å². The fraction of sp³-hybridized carbons (Fsp3) is 0.308. The summed E-state index contributed by atoms with van der Waals surface area (Å²) in [5.41, 5.74) is 2.58. The van der Waals surface area contributed by atoms with Crippen LogP contribution in [-0.2, 0) is 17.8 Å². The minimum atomic E-state index is -0.166.